The van der Waals surface area contributed by atoms with Gasteiger partial charge in [0.05, 0.1) is 28.6 Å². The molecule has 0 aliphatic carbocycles. The lowest BCUT2D eigenvalue weighted by Gasteiger charge is -2.19. The van der Waals surface area contributed by atoms with Gasteiger partial charge >= 0.3 is 0 Å². The molecule has 0 unspecified atom stereocenters. The summed E-state index contributed by atoms with van der Waals surface area (Å²) in [4.78, 5) is 0. The Bertz CT molecular complexity index is 1350. The minimum atomic E-state index is 1.00. The molecule has 3 heteroatoms. The molecule has 0 saturated carbocycles. The van der Waals surface area contributed by atoms with Crippen LogP contribution in [0.15, 0.2) is 108 Å². The maximum absolute atomic E-state index is 5.77. The molecule has 0 saturated heterocycles. The highest BCUT2D eigenvalue weighted by atomic mass is 15.5. The first kappa shape index (κ1) is 17.8. The Labute approximate surface area is 175 Å². The molecule has 0 amide bonds. The Kier molecular flexibility index (Phi) is 4.51. The first-order valence-corrected chi connectivity index (χ1v) is 9.79. The standard InChI is InChI=1S/C27H19N3/c1-2-29-26-16-10-9-15-24(26)25-19-21(17-18-27(25)29)20-28-30(22-11-5-3-6-12-22)23-13-7-4-8-14-23/h1,3-20H/b28-20+. The van der Waals surface area contributed by atoms with Crippen molar-refractivity contribution < 1.29 is 0 Å². The van der Waals surface area contributed by atoms with Gasteiger partial charge in [0.25, 0.3) is 0 Å². The fourth-order valence-electron chi connectivity index (χ4n) is 3.76. The molecule has 30 heavy (non-hydrogen) atoms. The largest absolute Gasteiger partial charge is 0.269 e. The summed E-state index contributed by atoms with van der Waals surface area (Å²) in [6, 6.07) is 37.5. The minimum absolute atomic E-state index is 1.00. The maximum atomic E-state index is 5.77. The van der Waals surface area contributed by atoms with Gasteiger partial charge in [-0.1, -0.05) is 67.1 Å². The predicted molar refractivity (Wildman–Crippen MR) is 126 cm³/mol. The van der Waals surface area contributed by atoms with Crippen LogP contribution in [-0.2, 0) is 0 Å². The highest BCUT2D eigenvalue weighted by molar-refractivity contribution is 6.10. The number of terminal acetylenes is 1. The van der Waals surface area contributed by atoms with Crippen molar-refractivity contribution >= 4 is 39.4 Å². The van der Waals surface area contributed by atoms with Crippen molar-refractivity contribution in [3.63, 3.8) is 0 Å². The number of fused-ring (bicyclic) bond motifs is 3. The lowest BCUT2D eigenvalue weighted by Crippen LogP contribution is -2.09. The van der Waals surface area contributed by atoms with E-state index < -0.39 is 0 Å². The average molecular weight is 385 g/mol. The topological polar surface area (TPSA) is 20.5 Å². The second kappa shape index (κ2) is 7.62. The van der Waals surface area contributed by atoms with Gasteiger partial charge in [-0.2, -0.15) is 5.10 Å². The summed E-state index contributed by atoms with van der Waals surface area (Å²) in [7, 11) is 0. The van der Waals surface area contributed by atoms with Crippen LogP contribution in [0.4, 0.5) is 11.4 Å². The van der Waals surface area contributed by atoms with Gasteiger partial charge in [-0.25, -0.2) is 5.01 Å². The minimum Gasteiger partial charge on any atom is -0.269 e. The van der Waals surface area contributed by atoms with Gasteiger partial charge in [0.2, 0.25) is 0 Å². The van der Waals surface area contributed by atoms with Crippen LogP contribution in [-0.4, -0.2) is 10.8 Å². The first-order chi connectivity index (χ1) is 14.8. The molecule has 1 heterocycles. The highest BCUT2D eigenvalue weighted by Crippen LogP contribution is 2.29. The molecule has 0 spiro atoms. The van der Waals surface area contributed by atoms with E-state index in [2.05, 4.69) is 30.3 Å². The Morgan fingerprint density at radius 2 is 1.30 bits per heavy atom. The van der Waals surface area contributed by atoms with Crippen molar-refractivity contribution in [1.82, 2.24) is 4.57 Å². The van der Waals surface area contributed by atoms with E-state index in [1.165, 1.54) is 0 Å². The van der Waals surface area contributed by atoms with Gasteiger partial charge < -0.3 is 0 Å². The number of para-hydroxylation sites is 3. The molecule has 0 N–H and O–H groups in total. The zero-order valence-corrected chi connectivity index (χ0v) is 16.3. The number of anilines is 2. The van der Waals surface area contributed by atoms with E-state index in [4.69, 9.17) is 11.5 Å². The van der Waals surface area contributed by atoms with E-state index in [1.54, 1.807) is 0 Å². The Balaban J connectivity index is 1.60. The molecule has 1 aromatic heterocycles. The molecule has 0 fully saturated rings. The third kappa shape index (κ3) is 3.11. The highest BCUT2D eigenvalue weighted by Gasteiger charge is 2.10. The van der Waals surface area contributed by atoms with E-state index in [1.807, 2.05) is 94.7 Å². The van der Waals surface area contributed by atoms with Gasteiger partial charge in [0.1, 0.15) is 0 Å². The quantitative estimate of drug-likeness (QED) is 0.199. The summed E-state index contributed by atoms with van der Waals surface area (Å²) in [5.74, 6) is 0. The van der Waals surface area contributed by atoms with Crippen molar-refractivity contribution in [2.45, 2.75) is 0 Å². The summed E-state index contributed by atoms with van der Waals surface area (Å²) in [5, 5.41) is 9.01. The molecule has 0 radical (unpaired) electrons. The number of hydrogen-bond donors (Lipinski definition) is 0. The third-order valence-electron chi connectivity index (χ3n) is 5.15. The summed E-state index contributed by atoms with van der Waals surface area (Å²) in [5.41, 5.74) is 5.09. The second-order valence-corrected chi connectivity index (χ2v) is 6.99. The lowest BCUT2D eigenvalue weighted by atomic mass is 10.1. The van der Waals surface area contributed by atoms with Gasteiger partial charge in [-0.3, -0.25) is 4.57 Å². The number of aromatic nitrogens is 1. The summed E-state index contributed by atoms with van der Waals surface area (Å²) >= 11 is 0. The predicted octanol–water partition coefficient (Wildman–Crippen LogP) is 6.41. The van der Waals surface area contributed by atoms with E-state index in [0.29, 0.717) is 0 Å². The van der Waals surface area contributed by atoms with Gasteiger partial charge in [-0.05, 0) is 48.0 Å². The molecule has 0 bridgehead atoms. The van der Waals surface area contributed by atoms with E-state index in [9.17, 15) is 0 Å². The number of nitrogens with zero attached hydrogens (tertiary/aromatic N) is 3. The zero-order chi connectivity index (χ0) is 20.3. The maximum Gasteiger partial charge on any atom is 0.0652 e. The summed E-state index contributed by atoms with van der Waals surface area (Å²) < 4.78 is 1.89. The van der Waals surface area contributed by atoms with E-state index in [0.717, 1.165) is 38.7 Å². The molecule has 5 rings (SSSR count). The Hall–Kier alpha value is -4.29. The van der Waals surface area contributed by atoms with Gasteiger partial charge in [0, 0.05) is 16.8 Å². The smallest absolute Gasteiger partial charge is 0.0652 e. The van der Waals surface area contributed by atoms with Crippen LogP contribution in [0.3, 0.4) is 0 Å². The average Bonchev–Trinajstić information content (AvgIpc) is 3.14. The van der Waals surface area contributed by atoms with Gasteiger partial charge in [-0.15, -0.1) is 0 Å². The molecule has 142 valence electrons. The van der Waals surface area contributed by atoms with Crippen molar-refractivity contribution in [1.29, 1.82) is 0 Å². The summed E-state index contributed by atoms with van der Waals surface area (Å²) in [6.07, 6.45) is 7.66. The Morgan fingerprint density at radius 3 is 1.97 bits per heavy atom. The van der Waals surface area contributed by atoms with Crippen LogP contribution >= 0.6 is 0 Å². The van der Waals surface area contributed by atoms with Crippen LogP contribution < -0.4 is 5.01 Å². The molecule has 3 nitrogen and oxygen atoms in total. The van der Waals surface area contributed by atoms with E-state index >= 15 is 0 Å². The van der Waals surface area contributed by atoms with Crippen LogP contribution in [0.5, 0.6) is 0 Å². The number of benzene rings is 4. The van der Waals surface area contributed by atoms with Crippen LogP contribution in [0, 0.1) is 12.5 Å². The fourth-order valence-corrected chi connectivity index (χ4v) is 3.76. The van der Waals surface area contributed by atoms with E-state index in [-0.39, 0.29) is 0 Å². The van der Waals surface area contributed by atoms with Crippen molar-refractivity contribution in [2.24, 2.45) is 5.10 Å². The molecule has 0 atom stereocenters. The SMILES string of the molecule is C#Cn1c2ccccc2c2cc(/C=N/N(c3ccccc3)c3ccccc3)ccc21. The van der Waals surface area contributed by atoms with Gasteiger partial charge in [0.15, 0.2) is 0 Å². The zero-order valence-electron chi connectivity index (χ0n) is 16.3. The first-order valence-electron chi connectivity index (χ1n) is 9.79. The van der Waals surface area contributed by atoms with Crippen LogP contribution in [0.25, 0.3) is 21.8 Å². The third-order valence-corrected chi connectivity index (χ3v) is 5.15. The second-order valence-electron chi connectivity index (χ2n) is 6.99. The molecule has 4 aromatic carbocycles. The molecular formula is C27H19N3. The summed E-state index contributed by atoms with van der Waals surface area (Å²) in [6.45, 7) is 0. The number of rotatable bonds is 4. The molecular weight excluding hydrogens is 366 g/mol. The molecule has 0 aliphatic heterocycles. The normalized spacial score (nSPS) is 11.2. The van der Waals surface area contributed by atoms with Crippen LogP contribution in [0.1, 0.15) is 5.56 Å². The van der Waals surface area contributed by atoms with Crippen LogP contribution in [0.2, 0.25) is 0 Å². The number of hydrazone groups is 1. The van der Waals surface area contributed by atoms with Crippen molar-refractivity contribution in [3.8, 4) is 12.5 Å². The van der Waals surface area contributed by atoms with Crippen molar-refractivity contribution in [2.75, 3.05) is 5.01 Å². The lowest BCUT2D eigenvalue weighted by molar-refractivity contribution is 1.09. The van der Waals surface area contributed by atoms with Crippen molar-refractivity contribution in [3.05, 3.63) is 109 Å². The monoisotopic (exact) mass is 385 g/mol. The molecule has 5 aromatic rings. The Morgan fingerprint density at radius 1 is 0.700 bits per heavy atom. The number of hydrogen-bond acceptors (Lipinski definition) is 2. The molecule has 0 aliphatic rings. The fraction of sp³-hybridized carbons (Fsp3) is 0.